The van der Waals surface area contributed by atoms with Gasteiger partial charge in [0.2, 0.25) is 0 Å². The standard InChI is InChI=1S/C22H32O4/c1-2-3-11-15-20(23)16-12-9-7-5-4-6-8-10-13-17-21(24)18-14-19-22(25)26/h3-4,6-13,16-17,20-21,23-24H,2,5,14-15,18-19H2,1H3,(H,25,26)/b6-4-,9-7-,10-8+,11-3-,16-12+,17-13+. The first-order chi connectivity index (χ1) is 12.6. The van der Waals surface area contributed by atoms with Crippen LogP contribution in [-0.4, -0.2) is 33.5 Å². The van der Waals surface area contributed by atoms with E-state index in [1.807, 2.05) is 54.7 Å². The molecule has 0 rings (SSSR count). The second-order valence-corrected chi connectivity index (χ2v) is 5.78. The first-order valence-electron chi connectivity index (χ1n) is 9.12. The average Bonchev–Trinajstić information content (AvgIpc) is 2.59. The molecule has 2 unspecified atom stereocenters. The highest BCUT2D eigenvalue weighted by Gasteiger charge is 2.01. The molecule has 26 heavy (non-hydrogen) atoms. The number of aliphatic carboxylic acids is 1. The molecule has 0 bridgehead atoms. The van der Waals surface area contributed by atoms with E-state index in [2.05, 4.69) is 6.92 Å². The fourth-order valence-electron chi connectivity index (χ4n) is 1.95. The number of hydrogen-bond donors (Lipinski definition) is 3. The minimum absolute atomic E-state index is 0.0844. The molecule has 0 aliphatic rings. The monoisotopic (exact) mass is 360 g/mol. The van der Waals surface area contributed by atoms with Gasteiger partial charge in [-0.3, -0.25) is 4.79 Å². The number of allylic oxidation sites excluding steroid dienone is 9. The Morgan fingerprint density at radius 1 is 0.846 bits per heavy atom. The Morgan fingerprint density at radius 3 is 2.15 bits per heavy atom. The first kappa shape index (κ1) is 23.8. The number of hydrogen-bond acceptors (Lipinski definition) is 3. The summed E-state index contributed by atoms with van der Waals surface area (Å²) in [5.74, 6) is -0.837. The highest BCUT2D eigenvalue weighted by molar-refractivity contribution is 5.66. The molecule has 0 spiro atoms. The van der Waals surface area contributed by atoms with Crippen LogP contribution in [0, 0.1) is 0 Å². The Labute approximate surface area is 157 Å². The van der Waals surface area contributed by atoms with Crippen LogP contribution in [0.15, 0.2) is 72.9 Å². The third-order valence-electron chi connectivity index (χ3n) is 3.33. The highest BCUT2D eigenvalue weighted by Crippen LogP contribution is 2.02. The molecule has 4 heteroatoms. The smallest absolute Gasteiger partial charge is 0.303 e. The summed E-state index contributed by atoms with van der Waals surface area (Å²) in [6.45, 7) is 2.06. The summed E-state index contributed by atoms with van der Waals surface area (Å²) in [5.41, 5.74) is 0. The van der Waals surface area contributed by atoms with Gasteiger partial charge in [-0.25, -0.2) is 0 Å². The topological polar surface area (TPSA) is 77.8 Å². The molecule has 0 amide bonds. The van der Waals surface area contributed by atoms with Crippen LogP contribution in [0.5, 0.6) is 0 Å². The first-order valence-corrected chi connectivity index (χ1v) is 9.12. The summed E-state index contributed by atoms with van der Waals surface area (Å²) in [7, 11) is 0. The van der Waals surface area contributed by atoms with Crippen molar-refractivity contribution >= 4 is 5.97 Å². The van der Waals surface area contributed by atoms with Gasteiger partial charge in [-0.05, 0) is 32.1 Å². The molecule has 0 aromatic carbocycles. The van der Waals surface area contributed by atoms with Crippen molar-refractivity contribution in [3.8, 4) is 0 Å². The second kappa shape index (κ2) is 17.6. The third-order valence-corrected chi connectivity index (χ3v) is 3.33. The number of carbonyl (C=O) groups is 1. The highest BCUT2D eigenvalue weighted by atomic mass is 16.4. The molecule has 0 aliphatic carbocycles. The molecule has 4 nitrogen and oxygen atoms in total. The number of carboxylic acids is 1. The van der Waals surface area contributed by atoms with E-state index in [1.54, 1.807) is 18.2 Å². The van der Waals surface area contributed by atoms with Crippen molar-refractivity contribution < 1.29 is 20.1 Å². The summed E-state index contributed by atoms with van der Waals surface area (Å²) in [4.78, 5) is 10.4. The van der Waals surface area contributed by atoms with Crippen LogP contribution in [-0.2, 0) is 4.79 Å². The summed E-state index contributed by atoms with van der Waals surface area (Å²) >= 11 is 0. The van der Waals surface area contributed by atoms with Gasteiger partial charge < -0.3 is 15.3 Å². The molecule has 0 heterocycles. The molecule has 0 aromatic heterocycles. The van der Waals surface area contributed by atoms with Gasteiger partial charge in [0.05, 0.1) is 12.2 Å². The van der Waals surface area contributed by atoms with Gasteiger partial charge in [0.25, 0.3) is 0 Å². The Bertz CT molecular complexity index is 524. The molecule has 144 valence electrons. The lowest BCUT2D eigenvalue weighted by Gasteiger charge is -2.02. The molecular formula is C22H32O4. The fourth-order valence-corrected chi connectivity index (χ4v) is 1.95. The van der Waals surface area contributed by atoms with E-state index in [4.69, 9.17) is 5.11 Å². The molecule has 3 N–H and O–H groups in total. The van der Waals surface area contributed by atoms with Crippen LogP contribution in [0.3, 0.4) is 0 Å². The van der Waals surface area contributed by atoms with Crippen LogP contribution in [0.1, 0.15) is 45.4 Å². The lowest BCUT2D eigenvalue weighted by molar-refractivity contribution is -0.137. The van der Waals surface area contributed by atoms with Crippen LogP contribution >= 0.6 is 0 Å². The van der Waals surface area contributed by atoms with E-state index in [9.17, 15) is 15.0 Å². The van der Waals surface area contributed by atoms with Crippen molar-refractivity contribution in [2.45, 2.75) is 57.7 Å². The van der Waals surface area contributed by atoms with Gasteiger partial charge in [-0.1, -0.05) is 79.8 Å². The maximum absolute atomic E-state index is 10.4. The Hall–Kier alpha value is -2.17. The molecular weight excluding hydrogens is 328 g/mol. The van der Waals surface area contributed by atoms with Crippen molar-refractivity contribution in [2.75, 3.05) is 0 Å². The second-order valence-electron chi connectivity index (χ2n) is 5.78. The fraction of sp³-hybridized carbons (Fsp3) is 0.409. The molecule has 0 radical (unpaired) electrons. The minimum Gasteiger partial charge on any atom is -0.481 e. The lowest BCUT2D eigenvalue weighted by atomic mass is 10.1. The zero-order valence-electron chi connectivity index (χ0n) is 15.6. The summed E-state index contributed by atoms with van der Waals surface area (Å²) in [6, 6.07) is 0. The number of carboxylic acid groups (broad SMARTS) is 1. The Kier molecular flexibility index (Phi) is 16.2. The van der Waals surface area contributed by atoms with Crippen LogP contribution < -0.4 is 0 Å². The number of aliphatic hydroxyl groups excluding tert-OH is 2. The maximum Gasteiger partial charge on any atom is 0.303 e. The number of rotatable bonds is 14. The summed E-state index contributed by atoms with van der Waals surface area (Å²) in [5, 5.41) is 27.8. The van der Waals surface area contributed by atoms with Crippen molar-refractivity contribution in [3.05, 3.63) is 72.9 Å². The van der Waals surface area contributed by atoms with Crippen molar-refractivity contribution in [1.82, 2.24) is 0 Å². The molecule has 2 atom stereocenters. The van der Waals surface area contributed by atoms with E-state index in [-0.39, 0.29) is 6.42 Å². The van der Waals surface area contributed by atoms with E-state index in [1.165, 1.54) is 0 Å². The van der Waals surface area contributed by atoms with Gasteiger partial charge in [-0.15, -0.1) is 0 Å². The zero-order valence-corrected chi connectivity index (χ0v) is 15.6. The zero-order chi connectivity index (χ0) is 19.5. The van der Waals surface area contributed by atoms with Crippen LogP contribution in [0.4, 0.5) is 0 Å². The molecule has 0 aromatic rings. The maximum atomic E-state index is 10.4. The predicted octanol–water partition coefficient (Wildman–Crippen LogP) is 4.49. The minimum atomic E-state index is -0.837. The summed E-state index contributed by atoms with van der Waals surface area (Å²) in [6.07, 6.45) is 24.9. The van der Waals surface area contributed by atoms with Gasteiger partial charge in [0.1, 0.15) is 0 Å². The van der Waals surface area contributed by atoms with Crippen molar-refractivity contribution in [1.29, 1.82) is 0 Å². The number of aliphatic hydroxyl groups is 2. The Morgan fingerprint density at radius 2 is 1.46 bits per heavy atom. The van der Waals surface area contributed by atoms with E-state index < -0.39 is 18.2 Å². The quantitative estimate of drug-likeness (QED) is 0.315. The molecule has 0 fully saturated rings. The van der Waals surface area contributed by atoms with Gasteiger partial charge in [0.15, 0.2) is 0 Å². The van der Waals surface area contributed by atoms with Crippen molar-refractivity contribution in [3.63, 3.8) is 0 Å². The van der Waals surface area contributed by atoms with Crippen LogP contribution in [0.25, 0.3) is 0 Å². The molecule has 0 saturated heterocycles. The molecule has 0 aliphatic heterocycles. The lowest BCUT2D eigenvalue weighted by Crippen LogP contribution is -2.03. The van der Waals surface area contributed by atoms with Gasteiger partial charge in [-0.2, -0.15) is 0 Å². The van der Waals surface area contributed by atoms with E-state index in [0.29, 0.717) is 19.3 Å². The average molecular weight is 360 g/mol. The van der Waals surface area contributed by atoms with Gasteiger partial charge >= 0.3 is 5.97 Å². The Balaban J connectivity index is 3.84. The predicted molar refractivity (Wildman–Crippen MR) is 108 cm³/mol. The van der Waals surface area contributed by atoms with E-state index in [0.717, 1.165) is 12.8 Å². The van der Waals surface area contributed by atoms with Crippen molar-refractivity contribution in [2.24, 2.45) is 0 Å². The van der Waals surface area contributed by atoms with Crippen LogP contribution in [0.2, 0.25) is 0 Å². The third kappa shape index (κ3) is 18.2. The SMILES string of the molecule is CC/C=C\CC(O)/C=C/C=C\C\C=C/C=C/C=C/C(O)CCCC(=O)O. The summed E-state index contributed by atoms with van der Waals surface area (Å²) < 4.78 is 0. The normalized spacial score (nSPS) is 15.5. The molecule has 0 saturated carbocycles. The van der Waals surface area contributed by atoms with Gasteiger partial charge in [0, 0.05) is 6.42 Å². The van der Waals surface area contributed by atoms with E-state index >= 15 is 0 Å². The largest absolute Gasteiger partial charge is 0.481 e.